The molecule has 5 nitrogen and oxygen atoms in total. The number of nitrogens with two attached hydrogens (primary N) is 1. The molecular formula is C15H21NO4. The summed E-state index contributed by atoms with van der Waals surface area (Å²) in [5, 5.41) is 9.17. The van der Waals surface area contributed by atoms with E-state index in [4.69, 9.17) is 20.3 Å². The van der Waals surface area contributed by atoms with Crippen molar-refractivity contribution in [3.8, 4) is 11.5 Å². The Morgan fingerprint density at radius 3 is 2.45 bits per heavy atom. The number of hydrogen-bond acceptors (Lipinski definition) is 4. The zero-order chi connectivity index (χ0) is 14.8. The molecular weight excluding hydrogens is 258 g/mol. The summed E-state index contributed by atoms with van der Waals surface area (Å²) in [4.78, 5) is 11.2. The van der Waals surface area contributed by atoms with Crippen LogP contribution in [0.4, 0.5) is 0 Å². The molecule has 1 saturated carbocycles. The lowest BCUT2D eigenvalue weighted by Gasteiger charge is -2.34. The monoisotopic (exact) mass is 279 g/mol. The second-order valence-electron chi connectivity index (χ2n) is 5.34. The Morgan fingerprint density at radius 2 is 1.95 bits per heavy atom. The van der Waals surface area contributed by atoms with Gasteiger partial charge in [0.1, 0.15) is 17.0 Å². The van der Waals surface area contributed by atoms with E-state index in [1.807, 2.05) is 18.2 Å². The van der Waals surface area contributed by atoms with Gasteiger partial charge in [-0.1, -0.05) is 0 Å². The van der Waals surface area contributed by atoms with Crippen LogP contribution in [0.1, 0.15) is 37.2 Å². The third-order valence-corrected chi connectivity index (χ3v) is 4.18. The molecule has 1 aromatic carbocycles. The van der Waals surface area contributed by atoms with Gasteiger partial charge in [-0.3, -0.25) is 4.79 Å². The fourth-order valence-electron chi connectivity index (χ4n) is 2.82. The molecule has 20 heavy (non-hydrogen) atoms. The number of carboxylic acid groups (broad SMARTS) is 1. The molecule has 0 radical (unpaired) electrons. The van der Waals surface area contributed by atoms with E-state index in [2.05, 4.69) is 0 Å². The van der Waals surface area contributed by atoms with Crippen LogP contribution in [-0.4, -0.2) is 30.8 Å². The molecule has 1 aliphatic rings. The van der Waals surface area contributed by atoms with E-state index in [9.17, 15) is 4.79 Å². The number of methoxy groups -OCH3 is 2. The quantitative estimate of drug-likeness (QED) is 0.882. The first-order chi connectivity index (χ1) is 9.50. The largest absolute Gasteiger partial charge is 0.497 e. The molecule has 0 atom stereocenters. The molecule has 3 N–H and O–H groups in total. The number of rotatable bonds is 4. The van der Waals surface area contributed by atoms with E-state index in [0.29, 0.717) is 12.8 Å². The molecule has 0 amide bonds. The zero-order valence-electron chi connectivity index (χ0n) is 11.9. The van der Waals surface area contributed by atoms with Crippen LogP contribution in [0.5, 0.6) is 11.5 Å². The van der Waals surface area contributed by atoms with Gasteiger partial charge in [0.15, 0.2) is 0 Å². The van der Waals surface area contributed by atoms with Gasteiger partial charge in [-0.15, -0.1) is 0 Å². The molecule has 0 unspecified atom stereocenters. The van der Waals surface area contributed by atoms with Crippen molar-refractivity contribution in [1.29, 1.82) is 0 Å². The summed E-state index contributed by atoms with van der Waals surface area (Å²) in [6, 6.07) is 5.71. The Bertz CT molecular complexity index is 493. The lowest BCUT2D eigenvalue weighted by Crippen LogP contribution is -2.50. The van der Waals surface area contributed by atoms with Crippen LogP contribution in [0, 0.1) is 0 Å². The highest BCUT2D eigenvalue weighted by Crippen LogP contribution is 2.41. The lowest BCUT2D eigenvalue weighted by atomic mass is 9.74. The third-order valence-electron chi connectivity index (χ3n) is 4.18. The minimum Gasteiger partial charge on any atom is -0.497 e. The zero-order valence-corrected chi connectivity index (χ0v) is 11.9. The molecule has 0 aromatic heterocycles. The van der Waals surface area contributed by atoms with E-state index in [1.165, 1.54) is 0 Å². The number of ether oxygens (including phenoxy) is 2. The van der Waals surface area contributed by atoms with E-state index in [1.54, 1.807) is 14.2 Å². The standard InChI is InChI=1S/C15H21NO4/c1-19-11-3-4-13(20-2)12(9-11)10-5-7-15(16,8-6-10)14(17)18/h3-4,9-10H,5-8,16H2,1-2H3,(H,17,18). The Kier molecular flexibility index (Phi) is 4.18. The highest BCUT2D eigenvalue weighted by molar-refractivity contribution is 5.78. The lowest BCUT2D eigenvalue weighted by molar-refractivity contribution is -0.144. The second kappa shape index (κ2) is 5.71. The first-order valence-corrected chi connectivity index (χ1v) is 6.74. The molecule has 0 aliphatic heterocycles. The molecule has 1 fully saturated rings. The van der Waals surface area contributed by atoms with Crippen LogP contribution < -0.4 is 15.2 Å². The van der Waals surface area contributed by atoms with Crippen molar-refractivity contribution in [2.45, 2.75) is 37.1 Å². The summed E-state index contributed by atoms with van der Waals surface area (Å²) in [5.41, 5.74) is 5.90. The fraction of sp³-hybridized carbons (Fsp3) is 0.533. The van der Waals surface area contributed by atoms with Crippen LogP contribution in [-0.2, 0) is 4.79 Å². The van der Waals surface area contributed by atoms with Crippen molar-refractivity contribution in [3.05, 3.63) is 23.8 Å². The molecule has 0 spiro atoms. The van der Waals surface area contributed by atoms with Gasteiger partial charge in [0.2, 0.25) is 0 Å². The van der Waals surface area contributed by atoms with Gasteiger partial charge in [-0.25, -0.2) is 0 Å². The number of hydrogen-bond donors (Lipinski definition) is 2. The smallest absolute Gasteiger partial charge is 0.323 e. The van der Waals surface area contributed by atoms with Crippen molar-refractivity contribution >= 4 is 5.97 Å². The van der Waals surface area contributed by atoms with Crippen molar-refractivity contribution < 1.29 is 19.4 Å². The van der Waals surface area contributed by atoms with E-state index in [0.717, 1.165) is 29.9 Å². The van der Waals surface area contributed by atoms with Crippen molar-refractivity contribution in [1.82, 2.24) is 0 Å². The predicted molar refractivity (Wildman–Crippen MR) is 75.3 cm³/mol. The van der Waals surface area contributed by atoms with Gasteiger partial charge in [0.05, 0.1) is 14.2 Å². The molecule has 2 rings (SSSR count). The van der Waals surface area contributed by atoms with Gasteiger partial charge in [0, 0.05) is 5.56 Å². The van der Waals surface area contributed by atoms with Crippen LogP contribution in [0.25, 0.3) is 0 Å². The highest BCUT2D eigenvalue weighted by Gasteiger charge is 2.39. The minimum atomic E-state index is -1.08. The minimum absolute atomic E-state index is 0.260. The summed E-state index contributed by atoms with van der Waals surface area (Å²) < 4.78 is 10.6. The molecule has 1 aromatic rings. The van der Waals surface area contributed by atoms with Gasteiger partial charge in [-0.2, -0.15) is 0 Å². The second-order valence-corrected chi connectivity index (χ2v) is 5.34. The number of aliphatic carboxylic acids is 1. The molecule has 5 heteroatoms. The molecule has 0 bridgehead atoms. The maximum Gasteiger partial charge on any atom is 0.323 e. The maximum absolute atomic E-state index is 11.2. The first-order valence-electron chi connectivity index (χ1n) is 6.74. The van der Waals surface area contributed by atoms with Crippen LogP contribution in [0.3, 0.4) is 0 Å². The summed E-state index contributed by atoms with van der Waals surface area (Å²) in [7, 11) is 3.26. The van der Waals surface area contributed by atoms with E-state index < -0.39 is 11.5 Å². The van der Waals surface area contributed by atoms with Gasteiger partial charge >= 0.3 is 5.97 Å². The summed E-state index contributed by atoms with van der Waals surface area (Å²) in [6.45, 7) is 0. The Morgan fingerprint density at radius 1 is 1.30 bits per heavy atom. The van der Waals surface area contributed by atoms with Crippen LogP contribution >= 0.6 is 0 Å². The number of benzene rings is 1. The van der Waals surface area contributed by atoms with Crippen molar-refractivity contribution in [2.24, 2.45) is 5.73 Å². The average Bonchev–Trinajstić information content (AvgIpc) is 2.47. The van der Waals surface area contributed by atoms with Gasteiger partial charge in [-0.05, 0) is 49.8 Å². The number of carbonyl (C=O) groups is 1. The number of carboxylic acids is 1. The Hall–Kier alpha value is -1.75. The molecule has 0 saturated heterocycles. The fourth-order valence-corrected chi connectivity index (χ4v) is 2.82. The van der Waals surface area contributed by atoms with Crippen molar-refractivity contribution in [2.75, 3.05) is 14.2 Å². The SMILES string of the molecule is COc1ccc(OC)c(C2CCC(N)(C(=O)O)CC2)c1. The summed E-state index contributed by atoms with van der Waals surface area (Å²) >= 11 is 0. The highest BCUT2D eigenvalue weighted by atomic mass is 16.5. The van der Waals surface area contributed by atoms with Gasteiger partial charge < -0.3 is 20.3 Å². The Labute approximate surface area is 118 Å². The maximum atomic E-state index is 11.2. The summed E-state index contributed by atoms with van der Waals surface area (Å²) in [6.07, 6.45) is 2.44. The van der Waals surface area contributed by atoms with Crippen LogP contribution in [0.15, 0.2) is 18.2 Å². The summed E-state index contributed by atoms with van der Waals surface area (Å²) in [5.74, 6) is 0.948. The predicted octanol–water partition coefficient (Wildman–Crippen LogP) is 2.14. The van der Waals surface area contributed by atoms with Crippen molar-refractivity contribution in [3.63, 3.8) is 0 Å². The van der Waals surface area contributed by atoms with Gasteiger partial charge in [0.25, 0.3) is 0 Å². The van der Waals surface area contributed by atoms with Crippen LogP contribution in [0.2, 0.25) is 0 Å². The van der Waals surface area contributed by atoms with E-state index >= 15 is 0 Å². The molecule has 1 aliphatic carbocycles. The van der Waals surface area contributed by atoms with E-state index in [-0.39, 0.29) is 5.92 Å². The normalized spacial score (nSPS) is 26.1. The third kappa shape index (κ3) is 2.72. The average molecular weight is 279 g/mol. The first kappa shape index (κ1) is 14.7. The Balaban J connectivity index is 2.19. The molecule has 110 valence electrons. The molecule has 0 heterocycles. The topological polar surface area (TPSA) is 81.8 Å².